The second kappa shape index (κ2) is 7.30. The lowest BCUT2D eigenvalue weighted by molar-refractivity contribution is 0.00674. The van der Waals surface area contributed by atoms with Crippen molar-refractivity contribution in [3.05, 3.63) is 30.1 Å². The standard InChI is InChI=1S/C18H29N3O2/c1-17(2,3)23-16(22)21-11-7-9-18(4,14-21)13-19-12-15-8-5-6-10-20-15/h5-6,8,10,19H,7,9,11-14H2,1-4H3. The molecule has 1 N–H and O–H groups in total. The Labute approximate surface area is 139 Å². The van der Waals surface area contributed by atoms with Gasteiger partial charge in [-0.25, -0.2) is 4.79 Å². The molecular formula is C18H29N3O2. The molecule has 2 heterocycles. The van der Waals surface area contributed by atoms with Crippen LogP contribution in [0.5, 0.6) is 0 Å². The first-order valence-corrected chi connectivity index (χ1v) is 8.36. The van der Waals surface area contributed by atoms with Gasteiger partial charge < -0.3 is 15.0 Å². The van der Waals surface area contributed by atoms with Crippen LogP contribution in [-0.2, 0) is 11.3 Å². The van der Waals surface area contributed by atoms with Crippen molar-refractivity contribution in [1.82, 2.24) is 15.2 Å². The molecule has 0 aromatic carbocycles. The van der Waals surface area contributed by atoms with E-state index in [1.54, 1.807) is 0 Å². The van der Waals surface area contributed by atoms with Gasteiger partial charge in [0.25, 0.3) is 0 Å². The fraction of sp³-hybridized carbons (Fsp3) is 0.667. The maximum atomic E-state index is 12.3. The van der Waals surface area contributed by atoms with E-state index in [4.69, 9.17) is 4.74 Å². The number of carbonyl (C=O) groups is 1. The van der Waals surface area contributed by atoms with Crippen molar-refractivity contribution in [2.24, 2.45) is 5.41 Å². The molecule has 1 saturated heterocycles. The third-order valence-corrected chi connectivity index (χ3v) is 4.02. The Bertz CT molecular complexity index is 513. The number of pyridine rings is 1. The van der Waals surface area contributed by atoms with Crippen molar-refractivity contribution in [2.45, 2.75) is 52.7 Å². The van der Waals surface area contributed by atoms with Crippen molar-refractivity contribution in [2.75, 3.05) is 19.6 Å². The topological polar surface area (TPSA) is 54.5 Å². The highest BCUT2D eigenvalue weighted by Gasteiger charge is 2.34. The summed E-state index contributed by atoms with van der Waals surface area (Å²) in [6.07, 6.45) is 3.74. The molecule has 0 spiro atoms. The normalized spacial score (nSPS) is 22.0. The Morgan fingerprint density at radius 3 is 2.87 bits per heavy atom. The van der Waals surface area contributed by atoms with Crippen LogP contribution < -0.4 is 5.32 Å². The Morgan fingerprint density at radius 1 is 1.43 bits per heavy atom. The molecule has 128 valence electrons. The zero-order valence-corrected chi connectivity index (χ0v) is 14.8. The molecule has 2 rings (SSSR count). The van der Waals surface area contributed by atoms with E-state index in [1.165, 1.54) is 0 Å². The second-order valence-electron chi connectivity index (χ2n) is 7.74. The lowest BCUT2D eigenvalue weighted by Gasteiger charge is -2.41. The highest BCUT2D eigenvalue weighted by Crippen LogP contribution is 2.29. The van der Waals surface area contributed by atoms with Crippen molar-refractivity contribution in [3.8, 4) is 0 Å². The predicted molar refractivity (Wildman–Crippen MR) is 91.1 cm³/mol. The van der Waals surface area contributed by atoms with Gasteiger partial charge in [0.2, 0.25) is 0 Å². The molecule has 1 fully saturated rings. The smallest absolute Gasteiger partial charge is 0.410 e. The summed E-state index contributed by atoms with van der Waals surface area (Å²) in [6.45, 7) is 11.1. The van der Waals surface area contributed by atoms with E-state index in [9.17, 15) is 4.79 Å². The van der Waals surface area contributed by atoms with Gasteiger partial charge in [0.15, 0.2) is 0 Å². The third-order valence-electron chi connectivity index (χ3n) is 4.02. The van der Waals surface area contributed by atoms with Crippen LogP contribution in [0.3, 0.4) is 0 Å². The summed E-state index contributed by atoms with van der Waals surface area (Å²) in [5, 5.41) is 3.48. The highest BCUT2D eigenvalue weighted by atomic mass is 16.6. The monoisotopic (exact) mass is 319 g/mol. The summed E-state index contributed by atoms with van der Waals surface area (Å²) in [5.41, 5.74) is 0.669. The predicted octanol–water partition coefficient (Wildman–Crippen LogP) is 3.21. The third kappa shape index (κ3) is 5.82. The number of piperidine rings is 1. The van der Waals surface area contributed by atoms with Gasteiger partial charge in [0, 0.05) is 32.4 Å². The molecule has 1 aliphatic heterocycles. The number of carbonyl (C=O) groups excluding carboxylic acids is 1. The van der Waals surface area contributed by atoms with Crippen LogP contribution in [-0.4, -0.2) is 41.2 Å². The molecular weight excluding hydrogens is 290 g/mol. The van der Waals surface area contributed by atoms with E-state index in [0.717, 1.165) is 44.7 Å². The number of amides is 1. The lowest BCUT2D eigenvalue weighted by Crippen LogP contribution is -2.50. The lowest BCUT2D eigenvalue weighted by atomic mass is 9.82. The van der Waals surface area contributed by atoms with Crippen LogP contribution in [0.1, 0.15) is 46.2 Å². The summed E-state index contributed by atoms with van der Waals surface area (Å²) >= 11 is 0. The summed E-state index contributed by atoms with van der Waals surface area (Å²) in [7, 11) is 0. The van der Waals surface area contributed by atoms with E-state index < -0.39 is 5.60 Å². The van der Waals surface area contributed by atoms with Crippen LogP contribution in [0.4, 0.5) is 4.79 Å². The number of nitrogens with one attached hydrogen (secondary N) is 1. The molecule has 1 aliphatic rings. The van der Waals surface area contributed by atoms with Crippen LogP contribution in [0.15, 0.2) is 24.4 Å². The first-order chi connectivity index (χ1) is 10.8. The molecule has 23 heavy (non-hydrogen) atoms. The number of nitrogens with zero attached hydrogens (tertiary/aromatic N) is 2. The van der Waals surface area contributed by atoms with Gasteiger partial charge in [-0.05, 0) is 51.2 Å². The zero-order chi connectivity index (χ0) is 16.9. The van der Waals surface area contributed by atoms with Gasteiger partial charge in [-0.3, -0.25) is 4.98 Å². The number of ether oxygens (including phenoxy) is 1. The van der Waals surface area contributed by atoms with Gasteiger partial charge in [0.1, 0.15) is 5.60 Å². The van der Waals surface area contributed by atoms with Gasteiger partial charge in [0.05, 0.1) is 5.69 Å². The molecule has 1 unspecified atom stereocenters. The fourth-order valence-corrected chi connectivity index (χ4v) is 2.94. The summed E-state index contributed by atoms with van der Waals surface area (Å²) in [5.74, 6) is 0. The van der Waals surface area contributed by atoms with Crippen molar-refractivity contribution in [3.63, 3.8) is 0 Å². The molecule has 1 aromatic heterocycles. The molecule has 1 aromatic rings. The van der Waals surface area contributed by atoms with Crippen molar-refractivity contribution < 1.29 is 9.53 Å². The molecule has 5 heteroatoms. The minimum atomic E-state index is -0.442. The quantitative estimate of drug-likeness (QED) is 0.926. The van der Waals surface area contributed by atoms with Crippen molar-refractivity contribution >= 4 is 6.09 Å². The molecule has 1 atom stereocenters. The van der Waals surface area contributed by atoms with Crippen molar-refractivity contribution in [1.29, 1.82) is 0 Å². The SMILES string of the molecule is CC1(CNCc2ccccn2)CCCN(C(=O)OC(C)(C)C)C1. The van der Waals surface area contributed by atoms with E-state index in [1.807, 2.05) is 50.1 Å². The Kier molecular flexibility index (Phi) is 5.63. The summed E-state index contributed by atoms with van der Waals surface area (Å²) < 4.78 is 5.50. The zero-order valence-electron chi connectivity index (χ0n) is 14.8. The Hall–Kier alpha value is -1.62. The van der Waals surface area contributed by atoms with Gasteiger partial charge in [-0.1, -0.05) is 13.0 Å². The van der Waals surface area contributed by atoms with Crippen LogP contribution in [0, 0.1) is 5.41 Å². The molecule has 0 bridgehead atoms. The fourth-order valence-electron chi connectivity index (χ4n) is 2.94. The van der Waals surface area contributed by atoms with E-state index in [2.05, 4.69) is 17.2 Å². The van der Waals surface area contributed by atoms with Crippen LogP contribution in [0.2, 0.25) is 0 Å². The van der Waals surface area contributed by atoms with E-state index >= 15 is 0 Å². The van der Waals surface area contributed by atoms with Crippen LogP contribution in [0.25, 0.3) is 0 Å². The van der Waals surface area contributed by atoms with Gasteiger partial charge in [-0.15, -0.1) is 0 Å². The molecule has 0 radical (unpaired) electrons. The van der Waals surface area contributed by atoms with Gasteiger partial charge >= 0.3 is 6.09 Å². The molecule has 5 nitrogen and oxygen atoms in total. The first-order valence-electron chi connectivity index (χ1n) is 8.36. The number of hydrogen-bond donors (Lipinski definition) is 1. The number of rotatable bonds is 4. The highest BCUT2D eigenvalue weighted by molar-refractivity contribution is 5.68. The number of aromatic nitrogens is 1. The minimum Gasteiger partial charge on any atom is -0.444 e. The number of likely N-dealkylation sites (tertiary alicyclic amines) is 1. The maximum Gasteiger partial charge on any atom is 0.410 e. The largest absolute Gasteiger partial charge is 0.444 e. The average Bonchev–Trinajstić information content (AvgIpc) is 2.46. The first kappa shape index (κ1) is 17.7. The van der Waals surface area contributed by atoms with E-state index in [-0.39, 0.29) is 11.5 Å². The average molecular weight is 319 g/mol. The Balaban J connectivity index is 1.84. The van der Waals surface area contributed by atoms with Gasteiger partial charge in [-0.2, -0.15) is 0 Å². The molecule has 1 amide bonds. The molecule has 0 saturated carbocycles. The van der Waals surface area contributed by atoms with Crippen LogP contribution >= 0.6 is 0 Å². The second-order valence-corrected chi connectivity index (χ2v) is 7.74. The minimum absolute atomic E-state index is 0.0733. The van der Waals surface area contributed by atoms with E-state index in [0.29, 0.717) is 0 Å². The maximum absolute atomic E-state index is 12.3. The number of hydrogen-bond acceptors (Lipinski definition) is 4. The summed E-state index contributed by atoms with van der Waals surface area (Å²) in [6, 6.07) is 5.93. The Morgan fingerprint density at radius 2 is 2.22 bits per heavy atom. The summed E-state index contributed by atoms with van der Waals surface area (Å²) in [4.78, 5) is 18.4. The molecule has 0 aliphatic carbocycles.